The van der Waals surface area contributed by atoms with Crippen LogP contribution in [0.2, 0.25) is 0 Å². The topological polar surface area (TPSA) is 41.8 Å². The van der Waals surface area contributed by atoms with Gasteiger partial charge < -0.3 is 10.7 Å². The second-order valence-corrected chi connectivity index (χ2v) is 1.90. The smallest absolute Gasteiger partial charge is 0.0193 e. The molecule has 0 fully saturated rings. The van der Waals surface area contributed by atoms with Crippen LogP contribution in [-0.2, 0) is 6.54 Å². The molecule has 0 aliphatic carbocycles. The fraction of sp³-hybridized carbons (Fsp3) is 0.333. The van der Waals surface area contributed by atoms with Gasteiger partial charge >= 0.3 is 0 Å². The number of hydrogen-bond acceptors (Lipinski definition) is 1. The molecule has 0 bridgehead atoms. The third-order valence-corrected chi connectivity index (χ3v) is 1.12. The Bertz CT molecular complexity index is 167. The van der Waals surface area contributed by atoms with Gasteiger partial charge in [-0.05, 0) is 18.6 Å². The molecule has 0 saturated heterocycles. The molecule has 1 heterocycles. The third-order valence-electron chi connectivity index (χ3n) is 1.12. The zero-order valence-electron chi connectivity index (χ0n) is 4.94. The summed E-state index contributed by atoms with van der Waals surface area (Å²) in [5, 5.41) is 0. The number of H-pyrrole nitrogens is 1. The molecule has 0 aliphatic rings. The molecule has 2 heteroatoms. The first-order valence-corrected chi connectivity index (χ1v) is 2.67. The van der Waals surface area contributed by atoms with Crippen molar-refractivity contribution in [1.29, 1.82) is 0 Å². The highest BCUT2D eigenvalue weighted by molar-refractivity contribution is 5.14. The van der Waals surface area contributed by atoms with Crippen LogP contribution in [0.3, 0.4) is 0 Å². The van der Waals surface area contributed by atoms with Gasteiger partial charge in [-0.1, -0.05) is 0 Å². The van der Waals surface area contributed by atoms with Crippen LogP contribution < -0.4 is 5.73 Å². The predicted octanol–water partition coefficient (Wildman–Crippen LogP) is 0.782. The van der Waals surface area contributed by atoms with Gasteiger partial charge in [0.1, 0.15) is 0 Å². The molecule has 0 saturated carbocycles. The van der Waals surface area contributed by atoms with Gasteiger partial charge in [0.15, 0.2) is 0 Å². The van der Waals surface area contributed by atoms with Crippen molar-refractivity contribution in [1.82, 2.24) is 4.98 Å². The molecule has 0 radical (unpaired) electrons. The van der Waals surface area contributed by atoms with Crippen LogP contribution in [0.5, 0.6) is 0 Å². The maximum Gasteiger partial charge on any atom is 0.0193 e. The summed E-state index contributed by atoms with van der Waals surface area (Å²) in [6.45, 7) is 2.64. The lowest BCUT2D eigenvalue weighted by atomic mass is 10.3. The molecule has 44 valence electrons. The van der Waals surface area contributed by atoms with Crippen LogP contribution in [0.15, 0.2) is 12.3 Å². The van der Waals surface area contributed by atoms with Crippen LogP contribution in [0.25, 0.3) is 0 Å². The SMILES string of the molecule is Cc1cc(CN)c[nH]1. The highest BCUT2D eigenvalue weighted by Gasteiger charge is 1.88. The van der Waals surface area contributed by atoms with Gasteiger partial charge in [0.05, 0.1) is 0 Å². The summed E-state index contributed by atoms with van der Waals surface area (Å²) in [6, 6.07) is 2.04. The molecule has 0 spiro atoms. The minimum Gasteiger partial charge on any atom is -0.365 e. The first-order chi connectivity index (χ1) is 3.83. The Morgan fingerprint density at radius 3 is 2.75 bits per heavy atom. The maximum absolute atomic E-state index is 5.34. The van der Waals surface area contributed by atoms with Crippen molar-refractivity contribution in [3.05, 3.63) is 23.5 Å². The van der Waals surface area contributed by atoms with E-state index in [0.717, 1.165) is 0 Å². The van der Waals surface area contributed by atoms with E-state index in [4.69, 9.17) is 5.73 Å². The highest BCUT2D eigenvalue weighted by Crippen LogP contribution is 1.98. The Kier molecular flexibility index (Phi) is 1.35. The Hall–Kier alpha value is -0.760. The van der Waals surface area contributed by atoms with Crippen LogP contribution in [0, 0.1) is 6.92 Å². The Morgan fingerprint density at radius 2 is 2.50 bits per heavy atom. The van der Waals surface area contributed by atoms with Crippen molar-refractivity contribution in [2.24, 2.45) is 5.73 Å². The summed E-state index contributed by atoms with van der Waals surface area (Å²) >= 11 is 0. The average Bonchev–Trinajstić information content (AvgIpc) is 2.14. The van der Waals surface area contributed by atoms with E-state index in [1.54, 1.807) is 0 Å². The fourth-order valence-corrected chi connectivity index (χ4v) is 0.686. The van der Waals surface area contributed by atoms with Crippen molar-refractivity contribution in [2.45, 2.75) is 13.5 Å². The summed E-state index contributed by atoms with van der Waals surface area (Å²) in [4.78, 5) is 3.04. The normalized spacial score (nSPS) is 9.75. The van der Waals surface area contributed by atoms with Crippen LogP contribution >= 0.6 is 0 Å². The summed E-state index contributed by atoms with van der Waals surface area (Å²) < 4.78 is 0. The molecule has 0 aromatic carbocycles. The summed E-state index contributed by atoms with van der Waals surface area (Å²) in [5.74, 6) is 0. The number of aryl methyl sites for hydroxylation is 1. The van der Waals surface area contributed by atoms with Crippen molar-refractivity contribution in [3.8, 4) is 0 Å². The van der Waals surface area contributed by atoms with Gasteiger partial charge in [0, 0.05) is 18.4 Å². The Morgan fingerprint density at radius 1 is 1.75 bits per heavy atom. The largest absolute Gasteiger partial charge is 0.365 e. The van der Waals surface area contributed by atoms with E-state index >= 15 is 0 Å². The first-order valence-electron chi connectivity index (χ1n) is 2.67. The molecule has 3 N–H and O–H groups in total. The van der Waals surface area contributed by atoms with E-state index in [0.29, 0.717) is 6.54 Å². The van der Waals surface area contributed by atoms with Gasteiger partial charge in [-0.15, -0.1) is 0 Å². The summed E-state index contributed by atoms with van der Waals surface area (Å²) in [7, 11) is 0. The monoisotopic (exact) mass is 110 g/mol. The lowest BCUT2D eigenvalue weighted by molar-refractivity contribution is 1.07. The Labute approximate surface area is 48.7 Å². The molecule has 0 amide bonds. The molecule has 8 heavy (non-hydrogen) atoms. The minimum atomic E-state index is 0.629. The standard InChI is InChI=1S/C6H10N2/c1-5-2-6(3-7)4-8-5/h2,4,8H,3,7H2,1H3. The molecule has 0 unspecified atom stereocenters. The van der Waals surface area contributed by atoms with E-state index in [1.165, 1.54) is 11.3 Å². The number of hydrogen-bond donors (Lipinski definition) is 2. The second kappa shape index (κ2) is 2.01. The third kappa shape index (κ3) is 0.898. The molecule has 2 nitrogen and oxygen atoms in total. The number of aromatic nitrogens is 1. The Balaban J connectivity index is 2.84. The highest BCUT2D eigenvalue weighted by atomic mass is 14.7. The lowest BCUT2D eigenvalue weighted by Crippen LogP contribution is -1.92. The van der Waals surface area contributed by atoms with E-state index < -0.39 is 0 Å². The van der Waals surface area contributed by atoms with Gasteiger partial charge in [-0.25, -0.2) is 0 Å². The lowest BCUT2D eigenvalue weighted by Gasteiger charge is -1.80. The van der Waals surface area contributed by atoms with Crippen molar-refractivity contribution < 1.29 is 0 Å². The molecular weight excluding hydrogens is 100 g/mol. The van der Waals surface area contributed by atoms with Gasteiger partial charge in [-0.3, -0.25) is 0 Å². The fourth-order valence-electron chi connectivity index (χ4n) is 0.686. The van der Waals surface area contributed by atoms with Crippen LogP contribution in [0.4, 0.5) is 0 Å². The number of rotatable bonds is 1. The summed E-state index contributed by atoms with van der Waals surface area (Å²) in [5.41, 5.74) is 7.68. The van der Waals surface area contributed by atoms with Gasteiger partial charge in [0.25, 0.3) is 0 Å². The minimum absolute atomic E-state index is 0.629. The molecule has 0 aliphatic heterocycles. The van der Waals surface area contributed by atoms with E-state index in [2.05, 4.69) is 4.98 Å². The van der Waals surface area contributed by atoms with Gasteiger partial charge in [-0.2, -0.15) is 0 Å². The van der Waals surface area contributed by atoms with Crippen molar-refractivity contribution >= 4 is 0 Å². The molecule has 1 rings (SSSR count). The maximum atomic E-state index is 5.34. The second-order valence-electron chi connectivity index (χ2n) is 1.90. The van der Waals surface area contributed by atoms with Crippen molar-refractivity contribution in [2.75, 3.05) is 0 Å². The summed E-state index contributed by atoms with van der Waals surface area (Å²) in [6.07, 6.45) is 1.93. The predicted molar refractivity (Wildman–Crippen MR) is 33.4 cm³/mol. The first kappa shape index (κ1) is 5.38. The quantitative estimate of drug-likeness (QED) is 0.551. The zero-order chi connectivity index (χ0) is 5.98. The van der Waals surface area contributed by atoms with E-state index in [9.17, 15) is 0 Å². The molecule has 1 aromatic rings. The van der Waals surface area contributed by atoms with Gasteiger partial charge in [0.2, 0.25) is 0 Å². The van der Waals surface area contributed by atoms with E-state index in [1.807, 2.05) is 19.2 Å². The number of nitrogens with one attached hydrogen (secondary N) is 1. The number of aromatic amines is 1. The molecule has 0 atom stereocenters. The molecule has 1 aromatic heterocycles. The molecular formula is C6H10N2. The van der Waals surface area contributed by atoms with Crippen LogP contribution in [-0.4, -0.2) is 4.98 Å². The van der Waals surface area contributed by atoms with Crippen LogP contribution in [0.1, 0.15) is 11.3 Å². The van der Waals surface area contributed by atoms with Crippen molar-refractivity contribution in [3.63, 3.8) is 0 Å². The van der Waals surface area contributed by atoms with E-state index in [-0.39, 0.29) is 0 Å². The zero-order valence-corrected chi connectivity index (χ0v) is 4.94. The average molecular weight is 110 g/mol. The number of nitrogens with two attached hydrogens (primary N) is 1.